The largest absolute Gasteiger partial charge is 0.352 e. The molecule has 9 nitrogen and oxygen atoms in total. The summed E-state index contributed by atoms with van der Waals surface area (Å²) in [6.07, 6.45) is 0. The number of hydrogen-bond donors (Lipinski definition) is 3. The number of carbonyl (C=O) groups is 1. The Kier molecular flexibility index (Phi) is 7.36. The van der Waals surface area contributed by atoms with Crippen LogP contribution in [0.1, 0.15) is 6.92 Å². The molecule has 0 bridgehead atoms. The van der Waals surface area contributed by atoms with Crippen LogP contribution in [0.15, 0.2) is 17.0 Å². The van der Waals surface area contributed by atoms with E-state index in [1.807, 2.05) is 0 Å². The quantitative estimate of drug-likeness (QED) is 0.544. The van der Waals surface area contributed by atoms with Gasteiger partial charge >= 0.3 is 6.03 Å². The first-order valence-electron chi connectivity index (χ1n) is 5.21. The van der Waals surface area contributed by atoms with Crippen molar-refractivity contribution >= 4 is 44.9 Å². The van der Waals surface area contributed by atoms with E-state index in [0.29, 0.717) is 0 Å². The first-order chi connectivity index (χ1) is 9.54. The summed E-state index contributed by atoms with van der Waals surface area (Å²) in [7, 11) is -3.95. The molecular weight excluding hydrogens is 347 g/mol. The smallest absolute Gasteiger partial charge is 0.309 e. The number of amides is 2. The van der Waals surface area contributed by atoms with Crippen LogP contribution in [-0.4, -0.2) is 25.9 Å². The Hall–Kier alpha value is -1.62. The number of benzene rings is 1. The number of nitro groups is 1. The van der Waals surface area contributed by atoms with Crippen molar-refractivity contribution in [3.63, 3.8) is 0 Å². The van der Waals surface area contributed by atoms with Gasteiger partial charge in [0.05, 0.1) is 9.95 Å². The minimum absolute atomic E-state index is 0.123. The third-order valence-electron chi connectivity index (χ3n) is 1.83. The van der Waals surface area contributed by atoms with Gasteiger partial charge in [-0.15, -0.1) is 0 Å². The Balaban J connectivity index is 0.000000885. The molecule has 0 aliphatic rings. The SMILES string of the molecule is CCNS(=O)(=O)c1c(Cl)ccc([N+](=O)[O-])c1Cl.NC(N)=O. The molecule has 0 heterocycles. The summed E-state index contributed by atoms with van der Waals surface area (Å²) in [4.78, 5) is 18.4. The second-order valence-electron chi connectivity index (χ2n) is 3.37. The number of nitro benzene ring substituents is 1. The number of hydrogen-bond acceptors (Lipinski definition) is 5. The molecule has 0 atom stereocenters. The van der Waals surface area contributed by atoms with Gasteiger partial charge in [-0.1, -0.05) is 30.1 Å². The molecule has 12 heteroatoms. The van der Waals surface area contributed by atoms with Gasteiger partial charge in [0.2, 0.25) is 10.0 Å². The van der Waals surface area contributed by atoms with Crippen LogP contribution in [0, 0.1) is 10.1 Å². The van der Waals surface area contributed by atoms with E-state index in [1.54, 1.807) is 6.92 Å². The Morgan fingerprint density at radius 3 is 2.24 bits per heavy atom. The van der Waals surface area contributed by atoms with Crippen molar-refractivity contribution in [1.82, 2.24) is 4.72 Å². The van der Waals surface area contributed by atoms with Gasteiger partial charge < -0.3 is 11.5 Å². The summed E-state index contributed by atoms with van der Waals surface area (Å²) in [5.74, 6) is 0. The highest BCUT2D eigenvalue weighted by Crippen LogP contribution is 2.36. The van der Waals surface area contributed by atoms with Gasteiger partial charge in [-0.25, -0.2) is 17.9 Å². The molecule has 1 aromatic rings. The fraction of sp³-hybridized carbons (Fsp3) is 0.222. The zero-order valence-electron chi connectivity index (χ0n) is 10.7. The number of primary amides is 2. The topological polar surface area (TPSA) is 158 Å². The van der Waals surface area contributed by atoms with E-state index in [0.717, 1.165) is 12.1 Å². The van der Waals surface area contributed by atoms with Crippen molar-refractivity contribution in [2.24, 2.45) is 11.5 Å². The molecule has 2 amide bonds. The minimum atomic E-state index is -3.95. The normalized spacial score (nSPS) is 10.4. The van der Waals surface area contributed by atoms with Crippen molar-refractivity contribution in [3.05, 3.63) is 32.3 Å². The van der Waals surface area contributed by atoms with Crippen LogP contribution in [0.5, 0.6) is 0 Å². The van der Waals surface area contributed by atoms with E-state index < -0.39 is 36.6 Å². The molecule has 0 saturated heterocycles. The molecule has 21 heavy (non-hydrogen) atoms. The first kappa shape index (κ1) is 19.4. The highest BCUT2D eigenvalue weighted by molar-refractivity contribution is 7.89. The van der Waals surface area contributed by atoms with E-state index in [1.165, 1.54) is 0 Å². The molecule has 0 fully saturated rings. The molecule has 0 aromatic heterocycles. The van der Waals surface area contributed by atoms with Crippen molar-refractivity contribution in [2.75, 3.05) is 6.54 Å². The van der Waals surface area contributed by atoms with Crippen molar-refractivity contribution in [1.29, 1.82) is 0 Å². The second kappa shape index (κ2) is 7.98. The molecule has 0 aliphatic carbocycles. The van der Waals surface area contributed by atoms with Crippen LogP contribution < -0.4 is 16.2 Å². The average molecular weight is 359 g/mol. The predicted molar refractivity (Wildman–Crippen MR) is 77.7 cm³/mol. The van der Waals surface area contributed by atoms with Crippen LogP contribution in [0.4, 0.5) is 10.5 Å². The lowest BCUT2D eigenvalue weighted by Gasteiger charge is -2.08. The molecule has 0 spiro atoms. The standard InChI is InChI=1S/C8H8Cl2N2O4S.CH4N2O/c1-2-11-17(15,16)8-5(9)3-4-6(7(8)10)12(13)14;2-1(3)4/h3-4,11H,2H2,1H3;(H4,2,3,4). The van der Waals surface area contributed by atoms with Crippen LogP contribution in [0.25, 0.3) is 0 Å². The van der Waals surface area contributed by atoms with E-state index >= 15 is 0 Å². The van der Waals surface area contributed by atoms with Crippen LogP contribution in [0.2, 0.25) is 10.0 Å². The number of halogens is 2. The maximum atomic E-state index is 11.7. The molecular formula is C9H12Cl2N4O5S. The molecule has 5 N–H and O–H groups in total. The summed E-state index contributed by atoms with van der Waals surface area (Å²) >= 11 is 11.4. The lowest BCUT2D eigenvalue weighted by molar-refractivity contribution is -0.384. The Labute approximate surface area is 130 Å². The van der Waals surface area contributed by atoms with Crippen molar-refractivity contribution in [3.8, 4) is 0 Å². The lowest BCUT2D eigenvalue weighted by atomic mass is 10.3. The predicted octanol–water partition coefficient (Wildman–Crippen LogP) is 1.22. The van der Waals surface area contributed by atoms with E-state index in [4.69, 9.17) is 28.0 Å². The third-order valence-corrected chi connectivity index (χ3v) is 4.38. The first-order valence-corrected chi connectivity index (χ1v) is 7.45. The van der Waals surface area contributed by atoms with Crippen molar-refractivity contribution < 1.29 is 18.1 Å². The molecule has 0 radical (unpaired) electrons. The number of rotatable bonds is 4. The summed E-state index contributed by atoms with van der Waals surface area (Å²) in [5, 5.41) is 9.97. The summed E-state index contributed by atoms with van der Waals surface area (Å²) in [6.45, 7) is 1.69. The monoisotopic (exact) mass is 358 g/mol. The number of nitrogens with one attached hydrogen (secondary N) is 1. The number of urea groups is 1. The van der Waals surface area contributed by atoms with Gasteiger partial charge in [0.1, 0.15) is 9.92 Å². The lowest BCUT2D eigenvalue weighted by Crippen LogP contribution is -2.24. The summed E-state index contributed by atoms with van der Waals surface area (Å²) in [5.41, 5.74) is 7.99. The highest BCUT2D eigenvalue weighted by Gasteiger charge is 2.27. The molecule has 0 unspecified atom stereocenters. The summed E-state index contributed by atoms with van der Waals surface area (Å²) in [6, 6.07) is 1.34. The molecule has 0 aliphatic heterocycles. The van der Waals surface area contributed by atoms with Gasteiger partial charge in [0.15, 0.2) is 0 Å². The zero-order chi connectivity index (χ0) is 16.8. The van der Waals surface area contributed by atoms with Gasteiger partial charge in [-0.3, -0.25) is 10.1 Å². The summed E-state index contributed by atoms with van der Waals surface area (Å²) < 4.78 is 25.7. The second-order valence-corrected chi connectivity index (χ2v) is 5.86. The third kappa shape index (κ3) is 5.71. The van der Waals surface area contributed by atoms with Crippen molar-refractivity contribution in [2.45, 2.75) is 11.8 Å². The molecule has 1 rings (SSSR count). The Morgan fingerprint density at radius 2 is 1.86 bits per heavy atom. The maximum absolute atomic E-state index is 11.7. The van der Waals surface area contributed by atoms with Gasteiger partial charge in [-0.05, 0) is 6.07 Å². The number of nitrogens with zero attached hydrogens (tertiary/aromatic N) is 1. The van der Waals surface area contributed by atoms with Gasteiger partial charge in [0.25, 0.3) is 5.69 Å². The van der Waals surface area contributed by atoms with Gasteiger partial charge in [-0.2, -0.15) is 0 Å². The van der Waals surface area contributed by atoms with Crippen LogP contribution in [-0.2, 0) is 10.0 Å². The van der Waals surface area contributed by atoms with E-state index in [-0.39, 0.29) is 11.6 Å². The average Bonchev–Trinajstić information content (AvgIpc) is 2.26. The highest BCUT2D eigenvalue weighted by atomic mass is 35.5. The minimum Gasteiger partial charge on any atom is -0.352 e. The maximum Gasteiger partial charge on any atom is 0.309 e. The van der Waals surface area contributed by atoms with E-state index in [2.05, 4.69) is 16.2 Å². The fourth-order valence-corrected chi connectivity index (χ4v) is 3.41. The molecule has 1 aromatic carbocycles. The number of nitrogens with two attached hydrogens (primary N) is 2. The number of carbonyl (C=O) groups excluding carboxylic acids is 1. The van der Waals surface area contributed by atoms with Gasteiger partial charge in [0, 0.05) is 12.6 Å². The molecule has 0 saturated carbocycles. The number of sulfonamides is 1. The Bertz CT molecular complexity index is 646. The van der Waals surface area contributed by atoms with Crippen LogP contribution in [0.3, 0.4) is 0 Å². The molecule has 118 valence electrons. The van der Waals surface area contributed by atoms with Crippen LogP contribution >= 0.6 is 23.2 Å². The zero-order valence-corrected chi connectivity index (χ0v) is 13.0. The van der Waals surface area contributed by atoms with E-state index in [9.17, 15) is 18.5 Å². The Morgan fingerprint density at radius 1 is 1.38 bits per heavy atom. The fourth-order valence-electron chi connectivity index (χ4n) is 1.17.